The van der Waals surface area contributed by atoms with Gasteiger partial charge >= 0.3 is 0 Å². The van der Waals surface area contributed by atoms with Crippen LogP contribution in [0, 0.1) is 0 Å². The van der Waals surface area contributed by atoms with Crippen LogP contribution in [0.5, 0.6) is 0 Å². The van der Waals surface area contributed by atoms with E-state index in [1.54, 1.807) is 11.3 Å². The van der Waals surface area contributed by atoms with Gasteiger partial charge in [-0.3, -0.25) is 4.90 Å². The van der Waals surface area contributed by atoms with Crippen molar-refractivity contribution in [2.75, 3.05) is 13.1 Å². The smallest absolute Gasteiger partial charge is 0.0336 e. The number of hydrogen-bond donors (Lipinski definition) is 0. The molecule has 1 nitrogen and oxygen atoms in total. The van der Waals surface area contributed by atoms with Crippen molar-refractivity contribution >= 4 is 27.3 Å². The zero-order valence-corrected chi connectivity index (χ0v) is 11.8. The summed E-state index contributed by atoms with van der Waals surface area (Å²) in [7, 11) is 0. The molecule has 2 rings (SSSR count). The number of rotatable bonds is 3. The molecule has 2 heterocycles. The van der Waals surface area contributed by atoms with Crippen molar-refractivity contribution in [3.8, 4) is 0 Å². The van der Waals surface area contributed by atoms with Crippen LogP contribution in [-0.2, 0) is 6.42 Å². The van der Waals surface area contributed by atoms with Gasteiger partial charge in [-0.25, -0.2) is 0 Å². The van der Waals surface area contributed by atoms with E-state index in [0.29, 0.717) is 10.4 Å². The molecule has 1 aromatic heterocycles. The molecule has 0 N–H and O–H groups in total. The molecule has 3 heteroatoms. The highest BCUT2D eigenvalue weighted by Gasteiger charge is 2.38. The third kappa shape index (κ3) is 2.45. The van der Waals surface area contributed by atoms with Gasteiger partial charge in [-0.05, 0) is 55.6 Å². The van der Waals surface area contributed by atoms with Gasteiger partial charge in [-0.1, -0.05) is 15.9 Å². The van der Waals surface area contributed by atoms with Crippen LogP contribution in [0.4, 0.5) is 0 Å². The highest BCUT2D eigenvalue weighted by Crippen LogP contribution is 2.34. The number of alkyl halides is 1. The lowest BCUT2D eigenvalue weighted by atomic mass is 10.0. The van der Waals surface area contributed by atoms with Crippen molar-refractivity contribution in [1.82, 2.24) is 4.90 Å². The molecule has 1 saturated heterocycles. The van der Waals surface area contributed by atoms with Crippen LogP contribution in [0.1, 0.15) is 25.8 Å². The number of thiophene rings is 1. The van der Waals surface area contributed by atoms with E-state index >= 15 is 0 Å². The Morgan fingerprint density at radius 2 is 2.40 bits per heavy atom. The van der Waals surface area contributed by atoms with Crippen LogP contribution in [0.3, 0.4) is 0 Å². The number of likely N-dealkylation sites (tertiary alicyclic amines) is 1. The Morgan fingerprint density at radius 3 is 2.93 bits per heavy atom. The van der Waals surface area contributed by atoms with Gasteiger partial charge in [0.25, 0.3) is 0 Å². The standard InChI is InChI=1S/C12H18BrNS/c1-12(2)11(13)4-7-14(12)6-3-10-5-8-15-9-10/h5,8-9,11H,3-4,6-7H2,1-2H3. The van der Waals surface area contributed by atoms with Crippen molar-refractivity contribution in [1.29, 1.82) is 0 Å². The minimum Gasteiger partial charge on any atom is -0.297 e. The third-order valence-electron chi connectivity index (χ3n) is 3.48. The first kappa shape index (κ1) is 11.6. The molecule has 1 aliphatic rings. The zero-order valence-electron chi connectivity index (χ0n) is 9.37. The molecule has 0 radical (unpaired) electrons. The maximum Gasteiger partial charge on any atom is 0.0336 e. The molecular formula is C12H18BrNS. The van der Waals surface area contributed by atoms with E-state index in [9.17, 15) is 0 Å². The summed E-state index contributed by atoms with van der Waals surface area (Å²) in [5, 5.41) is 4.42. The van der Waals surface area contributed by atoms with Gasteiger partial charge in [0.1, 0.15) is 0 Å². The fourth-order valence-corrected chi connectivity index (χ4v) is 3.41. The van der Waals surface area contributed by atoms with Gasteiger partial charge in [0.05, 0.1) is 0 Å². The van der Waals surface area contributed by atoms with Crippen LogP contribution < -0.4 is 0 Å². The summed E-state index contributed by atoms with van der Waals surface area (Å²) < 4.78 is 0. The summed E-state index contributed by atoms with van der Waals surface area (Å²) in [4.78, 5) is 3.25. The quantitative estimate of drug-likeness (QED) is 0.769. The third-order valence-corrected chi connectivity index (χ3v) is 5.79. The molecule has 0 amide bonds. The highest BCUT2D eigenvalue weighted by atomic mass is 79.9. The summed E-state index contributed by atoms with van der Waals surface area (Å²) in [6, 6.07) is 2.24. The largest absolute Gasteiger partial charge is 0.297 e. The van der Waals surface area contributed by atoms with E-state index in [0.717, 1.165) is 0 Å². The van der Waals surface area contributed by atoms with E-state index in [2.05, 4.69) is 51.5 Å². The minimum atomic E-state index is 0.315. The lowest BCUT2D eigenvalue weighted by Crippen LogP contribution is -2.43. The summed E-state index contributed by atoms with van der Waals surface area (Å²) in [5.41, 5.74) is 1.80. The molecule has 1 atom stereocenters. The predicted molar refractivity (Wildman–Crippen MR) is 71.0 cm³/mol. The van der Waals surface area contributed by atoms with E-state index in [4.69, 9.17) is 0 Å². The first-order valence-electron chi connectivity index (χ1n) is 5.51. The summed E-state index contributed by atoms with van der Waals surface area (Å²) in [6.45, 7) is 7.10. The lowest BCUT2D eigenvalue weighted by molar-refractivity contribution is 0.182. The Bertz CT molecular complexity index is 307. The van der Waals surface area contributed by atoms with Crippen LogP contribution in [0.15, 0.2) is 16.8 Å². The SMILES string of the molecule is CC1(C)C(Br)CCN1CCc1ccsc1. The summed E-state index contributed by atoms with van der Waals surface area (Å²) >= 11 is 5.57. The van der Waals surface area contributed by atoms with Gasteiger partial charge in [0, 0.05) is 16.9 Å². The van der Waals surface area contributed by atoms with Crippen molar-refractivity contribution in [3.05, 3.63) is 22.4 Å². The molecule has 15 heavy (non-hydrogen) atoms. The monoisotopic (exact) mass is 287 g/mol. The van der Waals surface area contributed by atoms with E-state index in [1.165, 1.54) is 31.5 Å². The van der Waals surface area contributed by atoms with Crippen molar-refractivity contribution in [2.24, 2.45) is 0 Å². The molecule has 1 aromatic rings. The van der Waals surface area contributed by atoms with Gasteiger partial charge in [-0.2, -0.15) is 11.3 Å². The second kappa shape index (κ2) is 4.56. The average molecular weight is 288 g/mol. The fraction of sp³-hybridized carbons (Fsp3) is 0.667. The molecule has 84 valence electrons. The average Bonchev–Trinajstić information content (AvgIpc) is 2.76. The second-order valence-electron chi connectivity index (χ2n) is 4.78. The van der Waals surface area contributed by atoms with Crippen LogP contribution in [0.2, 0.25) is 0 Å². The topological polar surface area (TPSA) is 3.24 Å². The summed E-state index contributed by atoms with van der Waals surface area (Å²) in [6.07, 6.45) is 2.46. The van der Waals surface area contributed by atoms with Crippen molar-refractivity contribution < 1.29 is 0 Å². The molecule has 0 saturated carbocycles. The molecule has 1 aliphatic heterocycles. The first-order valence-corrected chi connectivity index (χ1v) is 7.37. The lowest BCUT2D eigenvalue weighted by Gasteiger charge is -2.33. The van der Waals surface area contributed by atoms with Crippen LogP contribution in [-0.4, -0.2) is 28.4 Å². The molecule has 0 bridgehead atoms. The second-order valence-corrected chi connectivity index (χ2v) is 6.66. The molecule has 0 spiro atoms. The van der Waals surface area contributed by atoms with Crippen molar-refractivity contribution in [2.45, 2.75) is 37.1 Å². The Balaban J connectivity index is 1.90. The molecule has 1 unspecified atom stereocenters. The summed E-state index contributed by atoms with van der Waals surface area (Å²) in [5.74, 6) is 0. The number of hydrogen-bond acceptors (Lipinski definition) is 2. The van der Waals surface area contributed by atoms with Gasteiger partial charge in [0.15, 0.2) is 0 Å². The Hall–Kier alpha value is 0.140. The minimum absolute atomic E-state index is 0.315. The normalized spacial score (nSPS) is 25.9. The highest BCUT2D eigenvalue weighted by molar-refractivity contribution is 9.09. The first-order chi connectivity index (χ1) is 7.10. The fourth-order valence-electron chi connectivity index (χ4n) is 2.21. The van der Waals surface area contributed by atoms with Crippen molar-refractivity contribution in [3.63, 3.8) is 0 Å². The Morgan fingerprint density at radius 1 is 1.60 bits per heavy atom. The van der Waals surface area contributed by atoms with Crippen LogP contribution in [0.25, 0.3) is 0 Å². The maximum atomic E-state index is 3.78. The van der Waals surface area contributed by atoms with Crippen LogP contribution >= 0.6 is 27.3 Å². The van der Waals surface area contributed by atoms with E-state index < -0.39 is 0 Å². The van der Waals surface area contributed by atoms with Gasteiger partial charge < -0.3 is 0 Å². The molecular weight excluding hydrogens is 270 g/mol. The van der Waals surface area contributed by atoms with Gasteiger partial charge in [-0.15, -0.1) is 0 Å². The van der Waals surface area contributed by atoms with E-state index in [1.807, 2.05) is 0 Å². The maximum absolute atomic E-state index is 3.78. The van der Waals surface area contributed by atoms with E-state index in [-0.39, 0.29) is 0 Å². The van der Waals surface area contributed by atoms with Gasteiger partial charge in [0.2, 0.25) is 0 Å². The number of nitrogens with zero attached hydrogens (tertiary/aromatic N) is 1. The molecule has 0 aliphatic carbocycles. The zero-order chi connectivity index (χ0) is 10.9. The molecule has 1 fully saturated rings. The number of halogens is 1. The predicted octanol–water partition coefficient (Wildman–Crippen LogP) is 3.54. The Kier molecular flexibility index (Phi) is 3.53. The molecule has 0 aromatic carbocycles. The Labute approximate surface area is 105 Å².